The van der Waals surface area contributed by atoms with Crippen molar-refractivity contribution in [2.45, 2.75) is 26.3 Å². The minimum Gasteiger partial charge on any atom is -0.325 e. The molecule has 0 bridgehead atoms. The first-order valence-electron chi connectivity index (χ1n) is 5.30. The maximum absolute atomic E-state index is 5.68. The van der Waals surface area contributed by atoms with Crippen LogP contribution in [0.3, 0.4) is 0 Å². The highest BCUT2D eigenvalue weighted by molar-refractivity contribution is 5.87. The van der Waals surface area contributed by atoms with Crippen molar-refractivity contribution in [1.82, 2.24) is 4.98 Å². The van der Waals surface area contributed by atoms with E-state index in [2.05, 4.69) is 43.1 Å². The molecule has 0 radical (unpaired) electrons. The molecule has 0 saturated carbocycles. The van der Waals surface area contributed by atoms with E-state index in [1.54, 1.807) is 0 Å². The third-order valence-corrected chi connectivity index (χ3v) is 2.74. The number of pyridine rings is 1. The van der Waals surface area contributed by atoms with E-state index in [0.717, 1.165) is 5.69 Å². The van der Waals surface area contributed by atoms with Crippen LogP contribution in [0.2, 0.25) is 0 Å². The van der Waals surface area contributed by atoms with Crippen LogP contribution in [0.25, 0.3) is 10.8 Å². The molecule has 0 amide bonds. The largest absolute Gasteiger partial charge is 0.325 e. The van der Waals surface area contributed by atoms with E-state index in [9.17, 15) is 0 Å². The number of benzene rings is 1. The zero-order chi connectivity index (χ0) is 10.8. The van der Waals surface area contributed by atoms with Crippen molar-refractivity contribution in [3.8, 4) is 0 Å². The smallest absolute Gasteiger partial charge is 0.0617 e. The fourth-order valence-corrected chi connectivity index (χ4v) is 1.96. The minimum atomic E-state index is 0.499. The molecule has 0 aliphatic rings. The highest BCUT2D eigenvalue weighted by Gasteiger charge is 2.06. The molecule has 78 valence electrons. The molecule has 0 atom stereocenters. The van der Waals surface area contributed by atoms with Gasteiger partial charge in [0.15, 0.2) is 0 Å². The molecule has 0 spiro atoms. The first-order valence-corrected chi connectivity index (χ1v) is 5.30. The van der Waals surface area contributed by atoms with E-state index < -0.39 is 0 Å². The lowest BCUT2D eigenvalue weighted by molar-refractivity contribution is 0.875. The molecule has 0 fully saturated rings. The normalized spacial score (nSPS) is 11.2. The fraction of sp³-hybridized carbons (Fsp3) is 0.308. The lowest BCUT2D eigenvalue weighted by atomic mass is 9.96. The summed E-state index contributed by atoms with van der Waals surface area (Å²) in [6.07, 6.45) is 1.84. The molecule has 2 heteroatoms. The molecule has 0 saturated heterocycles. The second kappa shape index (κ2) is 3.99. The standard InChI is InChI=1S/C13H16N2/c1-9(2)10-4-3-5-12-11(10)6-7-15-13(12)8-14/h3-7,9H,8,14H2,1-2H3. The van der Waals surface area contributed by atoms with Gasteiger partial charge in [0.2, 0.25) is 0 Å². The summed E-state index contributed by atoms with van der Waals surface area (Å²) >= 11 is 0. The maximum atomic E-state index is 5.68. The van der Waals surface area contributed by atoms with Crippen LogP contribution in [-0.4, -0.2) is 4.98 Å². The van der Waals surface area contributed by atoms with Crippen LogP contribution in [0.15, 0.2) is 30.5 Å². The van der Waals surface area contributed by atoms with Gasteiger partial charge in [-0.25, -0.2) is 0 Å². The molecular formula is C13H16N2. The first kappa shape index (κ1) is 10.1. The van der Waals surface area contributed by atoms with Crippen molar-refractivity contribution in [2.24, 2.45) is 5.73 Å². The SMILES string of the molecule is CC(C)c1cccc2c(CN)nccc12. The molecular weight excluding hydrogens is 184 g/mol. The number of rotatable bonds is 2. The quantitative estimate of drug-likeness (QED) is 0.809. The summed E-state index contributed by atoms with van der Waals surface area (Å²) in [5, 5.41) is 2.47. The van der Waals surface area contributed by atoms with Crippen molar-refractivity contribution >= 4 is 10.8 Å². The van der Waals surface area contributed by atoms with Gasteiger partial charge in [-0.05, 0) is 22.9 Å². The Balaban J connectivity index is 2.76. The Morgan fingerprint density at radius 2 is 2.00 bits per heavy atom. The van der Waals surface area contributed by atoms with Crippen LogP contribution in [0.5, 0.6) is 0 Å². The summed E-state index contributed by atoms with van der Waals surface area (Å²) in [6.45, 7) is 4.91. The van der Waals surface area contributed by atoms with Gasteiger partial charge in [-0.15, -0.1) is 0 Å². The summed E-state index contributed by atoms with van der Waals surface area (Å²) in [7, 11) is 0. The Kier molecular flexibility index (Phi) is 2.69. The Hall–Kier alpha value is -1.41. The van der Waals surface area contributed by atoms with Crippen molar-refractivity contribution in [1.29, 1.82) is 0 Å². The molecule has 1 heterocycles. The Morgan fingerprint density at radius 3 is 2.67 bits per heavy atom. The molecule has 0 aliphatic carbocycles. The van der Waals surface area contributed by atoms with Crippen LogP contribution >= 0.6 is 0 Å². The number of fused-ring (bicyclic) bond motifs is 1. The van der Waals surface area contributed by atoms with Crippen molar-refractivity contribution in [3.63, 3.8) is 0 Å². The number of aromatic nitrogens is 1. The fourth-order valence-electron chi connectivity index (χ4n) is 1.96. The Labute approximate surface area is 90.1 Å². The van der Waals surface area contributed by atoms with E-state index >= 15 is 0 Å². The Bertz CT molecular complexity index is 475. The van der Waals surface area contributed by atoms with Crippen LogP contribution < -0.4 is 5.73 Å². The second-order valence-corrected chi connectivity index (χ2v) is 4.06. The van der Waals surface area contributed by atoms with Gasteiger partial charge in [0.05, 0.1) is 5.69 Å². The summed E-state index contributed by atoms with van der Waals surface area (Å²) in [4.78, 5) is 4.30. The van der Waals surface area contributed by atoms with E-state index in [-0.39, 0.29) is 0 Å². The molecule has 0 aliphatic heterocycles. The summed E-state index contributed by atoms with van der Waals surface area (Å²) in [6, 6.07) is 8.42. The second-order valence-electron chi connectivity index (χ2n) is 4.06. The number of hydrogen-bond donors (Lipinski definition) is 1. The molecule has 0 unspecified atom stereocenters. The highest BCUT2D eigenvalue weighted by Crippen LogP contribution is 2.26. The summed E-state index contributed by atoms with van der Waals surface area (Å²) in [5.41, 5.74) is 8.03. The van der Waals surface area contributed by atoms with Crippen LogP contribution in [0.1, 0.15) is 31.0 Å². The lowest BCUT2D eigenvalue weighted by Crippen LogP contribution is -2.01. The van der Waals surface area contributed by atoms with Crippen molar-refractivity contribution in [2.75, 3.05) is 0 Å². The molecule has 1 aromatic heterocycles. The van der Waals surface area contributed by atoms with Gasteiger partial charge in [0.25, 0.3) is 0 Å². The van der Waals surface area contributed by atoms with Gasteiger partial charge in [0.1, 0.15) is 0 Å². The molecule has 15 heavy (non-hydrogen) atoms. The zero-order valence-electron chi connectivity index (χ0n) is 9.20. The lowest BCUT2D eigenvalue weighted by Gasteiger charge is -2.11. The average molecular weight is 200 g/mol. The Morgan fingerprint density at radius 1 is 1.20 bits per heavy atom. The summed E-state index contributed by atoms with van der Waals surface area (Å²) < 4.78 is 0. The highest BCUT2D eigenvalue weighted by atomic mass is 14.7. The third-order valence-electron chi connectivity index (χ3n) is 2.74. The predicted octanol–water partition coefficient (Wildman–Crippen LogP) is 2.82. The number of hydrogen-bond acceptors (Lipinski definition) is 2. The van der Waals surface area contributed by atoms with Gasteiger partial charge in [-0.1, -0.05) is 32.0 Å². The predicted molar refractivity (Wildman–Crippen MR) is 63.7 cm³/mol. The average Bonchev–Trinajstić information content (AvgIpc) is 2.27. The van der Waals surface area contributed by atoms with E-state index in [1.165, 1.54) is 16.3 Å². The van der Waals surface area contributed by atoms with Gasteiger partial charge in [0, 0.05) is 18.1 Å². The molecule has 2 nitrogen and oxygen atoms in total. The van der Waals surface area contributed by atoms with Crippen molar-refractivity contribution in [3.05, 3.63) is 41.7 Å². The van der Waals surface area contributed by atoms with E-state index in [4.69, 9.17) is 5.73 Å². The molecule has 2 N–H and O–H groups in total. The van der Waals surface area contributed by atoms with Crippen LogP contribution in [0.4, 0.5) is 0 Å². The molecule has 2 rings (SSSR count). The minimum absolute atomic E-state index is 0.499. The summed E-state index contributed by atoms with van der Waals surface area (Å²) in [5.74, 6) is 0.529. The monoisotopic (exact) mass is 200 g/mol. The third kappa shape index (κ3) is 1.73. The van der Waals surface area contributed by atoms with E-state index in [0.29, 0.717) is 12.5 Å². The van der Waals surface area contributed by atoms with Gasteiger partial charge in [-0.2, -0.15) is 0 Å². The van der Waals surface area contributed by atoms with Crippen LogP contribution in [-0.2, 0) is 6.54 Å². The molecule has 2 aromatic rings. The van der Waals surface area contributed by atoms with Crippen molar-refractivity contribution < 1.29 is 0 Å². The number of nitrogens with two attached hydrogens (primary N) is 1. The van der Waals surface area contributed by atoms with E-state index in [1.807, 2.05) is 6.20 Å². The topological polar surface area (TPSA) is 38.9 Å². The maximum Gasteiger partial charge on any atom is 0.0617 e. The molecule has 1 aromatic carbocycles. The van der Waals surface area contributed by atoms with Gasteiger partial charge >= 0.3 is 0 Å². The van der Waals surface area contributed by atoms with Gasteiger partial charge < -0.3 is 5.73 Å². The number of nitrogens with zero attached hydrogens (tertiary/aromatic N) is 1. The zero-order valence-corrected chi connectivity index (χ0v) is 9.20. The van der Waals surface area contributed by atoms with Gasteiger partial charge in [-0.3, -0.25) is 4.98 Å². The van der Waals surface area contributed by atoms with Crippen LogP contribution in [0, 0.1) is 0 Å². The first-order chi connectivity index (χ1) is 7.24.